The van der Waals surface area contributed by atoms with Crippen molar-refractivity contribution in [3.05, 3.63) is 59.7 Å². The van der Waals surface area contributed by atoms with Crippen molar-refractivity contribution >= 4 is 27.4 Å². The van der Waals surface area contributed by atoms with Gasteiger partial charge in [0.15, 0.2) is 9.84 Å². The Hall–Kier alpha value is -2.67. The van der Waals surface area contributed by atoms with Crippen molar-refractivity contribution in [2.45, 2.75) is 37.5 Å². The molecule has 0 heterocycles. The quantitative estimate of drug-likeness (QED) is 0.686. The fraction of sp³-hybridized carbons (Fsp3) is 0.300. The van der Waals surface area contributed by atoms with Crippen LogP contribution < -0.4 is 5.32 Å². The number of hydrogen-bond acceptors (Lipinski definition) is 4. The van der Waals surface area contributed by atoms with Crippen molar-refractivity contribution in [2.24, 2.45) is 0 Å². The number of aliphatic carboxylic acids is 1. The zero-order valence-electron chi connectivity index (χ0n) is 15.1. The molecule has 27 heavy (non-hydrogen) atoms. The van der Waals surface area contributed by atoms with E-state index in [-0.39, 0.29) is 24.5 Å². The van der Waals surface area contributed by atoms with Gasteiger partial charge in [0.2, 0.25) is 5.91 Å². The molecule has 0 aromatic heterocycles. The van der Waals surface area contributed by atoms with Crippen LogP contribution in [0.15, 0.2) is 53.4 Å². The minimum Gasteiger partial charge on any atom is -0.481 e. The molecular formula is C20H23NO5S. The Bertz CT molecular complexity index is 887. The number of aryl methyl sites for hydroxylation is 2. The summed E-state index contributed by atoms with van der Waals surface area (Å²) in [6.07, 6.45) is 1.31. The third-order valence-corrected chi connectivity index (χ3v) is 5.92. The summed E-state index contributed by atoms with van der Waals surface area (Å²) in [6.45, 7) is 1.60. The lowest BCUT2D eigenvalue weighted by molar-refractivity contribution is -0.137. The summed E-state index contributed by atoms with van der Waals surface area (Å²) >= 11 is 0. The third kappa shape index (κ3) is 6.53. The molecule has 7 heteroatoms. The molecular weight excluding hydrogens is 366 g/mol. The smallest absolute Gasteiger partial charge is 0.303 e. The van der Waals surface area contributed by atoms with Crippen LogP contribution in [0.5, 0.6) is 0 Å². The summed E-state index contributed by atoms with van der Waals surface area (Å²) in [5, 5.41) is 11.5. The van der Waals surface area contributed by atoms with Crippen molar-refractivity contribution in [1.29, 1.82) is 0 Å². The normalized spacial score (nSPS) is 11.1. The van der Waals surface area contributed by atoms with Gasteiger partial charge in [0, 0.05) is 18.5 Å². The predicted molar refractivity (Wildman–Crippen MR) is 104 cm³/mol. The van der Waals surface area contributed by atoms with Crippen LogP contribution in [-0.4, -0.2) is 31.2 Å². The second kappa shape index (κ2) is 9.32. The lowest BCUT2D eigenvalue weighted by Gasteiger charge is -2.07. The van der Waals surface area contributed by atoms with E-state index >= 15 is 0 Å². The SMILES string of the molecule is CCS(=O)(=O)c1ccc(CCC(=O)Nc2ccc(CCC(=O)O)cc2)cc1. The van der Waals surface area contributed by atoms with E-state index in [1.54, 1.807) is 55.5 Å². The van der Waals surface area contributed by atoms with Crippen LogP contribution in [0.3, 0.4) is 0 Å². The second-order valence-electron chi connectivity index (χ2n) is 6.19. The van der Waals surface area contributed by atoms with Gasteiger partial charge in [-0.15, -0.1) is 0 Å². The van der Waals surface area contributed by atoms with Gasteiger partial charge in [-0.05, 0) is 48.2 Å². The first-order valence-corrected chi connectivity index (χ1v) is 10.4. The highest BCUT2D eigenvalue weighted by molar-refractivity contribution is 7.91. The van der Waals surface area contributed by atoms with Gasteiger partial charge >= 0.3 is 5.97 Å². The van der Waals surface area contributed by atoms with Crippen LogP contribution in [0, 0.1) is 0 Å². The third-order valence-electron chi connectivity index (χ3n) is 4.17. The van der Waals surface area contributed by atoms with Gasteiger partial charge in [-0.1, -0.05) is 31.2 Å². The number of carboxylic acids is 1. The monoisotopic (exact) mass is 389 g/mol. The number of anilines is 1. The zero-order chi connectivity index (χ0) is 19.9. The van der Waals surface area contributed by atoms with Crippen molar-refractivity contribution in [3.63, 3.8) is 0 Å². The molecule has 0 aliphatic rings. The Labute approximate surface area is 159 Å². The highest BCUT2D eigenvalue weighted by Gasteiger charge is 2.11. The zero-order valence-corrected chi connectivity index (χ0v) is 16.0. The van der Waals surface area contributed by atoms with Gasteiger partial charge in [-0.2, -0.15) is 0 Å². The molecule has 0 atom stereocenters. The van der Waals surface area contributed by atoms with Gasteiger partial charge < -0.3 is 10.4 Å². The number of benzene rings is 2. The van der Waals surface area contributed by atoms with E-state index in [4.69, 9.17) is 5.11 Å². The molecule has 0 unspecified atom stereocenters. The van der Waals surface area contributed by atoms with E-state index in [1.165, 1.54) is 0 Å². The van der Waals surface area contributed by atoms with Crippen molar-refractivity contribution in [1.82, 2.24) is 0 Å². The summed E-state index contributed by atoms with van der Waals surface area (Å²) < 4.78 is 23.6. The summed E-state index contributed by atoms with van der Waals surface area (Å²) in [5.41, 5.74) is 2.45. The Balaban J connectivity index is 1.84. The molecule has 0 aliphatic carbocycles. The van der Waals surface area contributed by atoms with Crippen LogP contribution in [0.4, 0.5) is 5.69 Å². The van der Waals surface area contributed by atoms with Crippen LogP contribution in [0.1, 0.15) is 30.9 Å². The molecule has 0 radical (unpaired) electrons. The van der Waals surface area contributed by atoms with Gasteiger partial charge in [0.05, 0.1) is 10.6 Å². The molecule has 2 aromatic rings. The van der Waals surface area contributed by atoms with Crippen LogP contribution >= 0.6 is 0 Å². The molecule has 2 rings (SSSR count). The van der Waals surface area contributed by atoms with Gasteiger partial charge in [-0.3, -0.25) is 9.59 Å². The van der Waals surface area contributed by atoms with E-state index < -0.39 is 15.8 Å². The second-order valence-corrected chi connectivity index (χ2v) is 8.46. The van der Waals surface area contributed by atoms with Crippen LogP contribution in [-0.2, 0) is 32.3 Å². The van der Waals surface area contributed by atoms with E-state index in [0.717, 1.165) is 11.1 Å². The fourth-order valence-electron chi connectivity index (χ4n) is 2.52. The maximum absolute atomic E-state index is 12.1. The molecule has 1 amide bonds. The number of hydrogen-bond donors (Lipinski definition) is 2. The largest absolute Gasteiger partial charge is 0.481 e. The van der Waals surface area contributed by atoms with Crippen LogP contribution in [0.25, 0.3) is 0 Å². The fourth-order valence-corrected chi connectivity index (χ4v) is 3.40. The number of carbonyl (C=O) groups is 2. The van der Waals surface area contributed by atoms with E-state index in [2.05, 4.69) is 5.32 Å². The van der Waals surface area contributed by atoms with Crippen molar-refractivity contribution in [2.75, 3.05) is 11.1 Å². The molecule has 0 spiro atoms. The Kier molecular flexibility index (Phi) is 7.12. The molecule has 6 nitrogen and oxygen atoms in total. The van der Waals surface area contributed by atoms with Crippen LogP contribution in [0.2, 0.25) is 0 Å². The predicted octanol–water partition coefficient (Wildman–Crippen LogP) is 3.07. The van der Waals surface area contributed by atoms with E-state index in [0.29, 0.717) is 23.4 Å². The molecule has 0 fully saturated rings. The first-order chi connectivity index (χ1) is 12.8. The number of nitrogens with one attached hydrogen (secondary N) is 1. The average Bonchev–Trinajstić information content (AvgIpc) is 2.66. The number of carbonyl (C=O) groups excluding carboxylic acids is 1. The summed E-state index contributed by atoms with van der Waals surface area (Å²) in [7, 11) is -3.21. The highest BCUT2D eigenvalue weighted by atomic mass is 32.2. The molecule has 0 aliphatic heterocycles. The molecule has 0 saturated carbocycles. The number of amides is 1. The Morgan fingerprint density at radius 3 is 1.93 bits per heavy atom. The highest BCUT2D eigenvalue weighted by Crippen LogP contribution is 2.15. The van der Waals surface area contributed by atoms with E-state index in [1.807, 2.05) is 0 Å². The molecule has 0 saturated heterocycles. The molecule has 2 aromatic carbocycles. The lowest BCUT2D eigenvalue weighted by atomic mass is 10.1. The minimum atomic E-state index is -3.21. The van der Waals surface area contributed by atoms with Gasteiger partial charge in [0.25, 0.3) is 0 Å². The van der Waals surface area contributed by atoms with Gasteiger partial charge in [-0.25, -0.2) is 8.42 Å². The minimum absolute atomic E-state index is 0.0594. The molecule has 2 N–H and O–H groups in total. The molecule has 144 valence electrons. The maximum atomic E-state index is 12.1. The summed E-state index contributed by atoms with van der Waals surface area (Å²) in [6, 6.07) is 13.7. The van der Waals surface area contributed by atoms with Crippen molar-refractivity contribution in [3.8, 4) is 0 Å². The summed E-state index contributed by atoms with van der Waals surface area (Å²) in [5.74, 6) is -0.921. The topological polar surface area (TPSA) is 101 Å². The Morgan fingerprint density at radius 1 is 0.889 bits per heavy atom. The lowest BCUT2D eigenvalue weighted by Crippen LogP contribution is -2.12. The van der Waals surface area contributed by atoms with E-state index in [9.17, 15) is 18.0 Å². The Morgan fingerprint density at radius 2 is 1.41 bits per heavy atom. The number of sulfone groups is 1. The molecule has 0 bridgehead atoms. The van der Waals surface area contributed by atoms with Gasteiger partial charge in [0.1, 0.15) is 0 Å². The average molecular weight is 389 g/mol. The van der Waals surface area contributed by atoms with Crippen molar-refractivity contribution < 1.29 is 23.1 Å². The standard InChI is InChI=1S/C20H23NO5S/c1-2-27(25,26)18-11-5-16(6-12-18)7-13-19(22)21-17-9-3-15(4-10-17)8-14-20(23)24/h3-6,9-12H,2,7-8,13-14H2,1H3,(H,21,22)(H,23,24). The number of rotatable bonds is 9. The number of carboxylic acid groups (broad SMARTS) is 1. The first-order valence-electron chi connectivity index (χ1n) is 8.72. The first kappa shape index (κ1) is 20.6. The summed E-state index contributed by atoms with van der Waals surface area (Å²) in [4.78, 5) is 22.9. The maximum Gasteiger partial charge on any atom is 0.303 e.